The monoisotopic (exact) mass is 383 g/mol. The fourth-order valence-corrected chi connectivity index (χ4v) is 3.75. The summed E-state index contributed by atoms with van der Waals surface area (Å²) >= 11 is 0. The lowest BCUT2D eigenvalue weighted by Gasteiger charge is -2.26. The molecule has 1 unspecified atom stereocenters. The molecule has 9 heteroatoms. The number of carbonyl (C=O) groups excluding carboxylic acids is 2. The smallest absolute Gasteiger partial charge is 0.445 e. The zero-order valence-electron chi connectivity index (χ0n) is 16.4. The third-order valence-corrected chi connectivity index (χ3v) is 5.06. The van der Waals surface area contributed by atoms with Crippen LogP contribution in [0.5, 0.6) is 5.75 Å². The van der Waals surface area contributed by atoms with E-state index in [1.165, 1.54) is 11.6 Å². The number of ether oxygens (including phenoxy) is 1. The molecule has 0 spiro atoms. The first kappa shape index (κ1) is 18.1. The molecule has 2 aromatic rings. The largest absolute Gasteiger partial charge is 0.494 e. The molecule has 28 heavy (non-hydrogen) atoms. The second-order valence-corrected chi connectivity index (χ2v) is 6.81. The van der Waals surface area contributed by atoms with Crippen LogP contribution in [-0.4, -0.2) is 75.3 Å². The number of benzene rings is 1. The van der Waals surface area contributed by atoms with E-state index in [1.54, 1.807) is 7.05 Å². The maximum atomic E-state index is 12.9. The topological polar surface area (TPSA) is 83.6 Å². The molecule has 9 nitrogen and oxygen atoms in total. The van der Waals surface area contributed by atoms with Crippen molar-refractivity contribution in [1.29, 1.82) is 0 Å². The van der Waals surface area contributed by atoms with Crippen LogP contribution in [0.3, 0.4) is 0 Å². The van der Waals surface area contributed by atoms with Gasteiger partial charge in [0.15, 0.2) is 0 Å². The Morgan fingerprint density at radius 2 is 1.86 bits per heavy atom. The standard InChI is InChI=1S/C19H23N6O3/c1-5-11-24-14-16(22(3)19(27)23(4)17(14)26)25-15(20-21-18(24)25)12-7-9-13(10-8-12)28-6-2/h7-10,14H,5-6,11H2,1-4H3/q+1. The molecule has 0 saturated heterocycles. The van der Waals surface area contributed by atoms with Crippen LogP contribution in [0.25, 0.3) is 11.4 Å². The van der Waals surface area contributed by atoms with E-state index in [2.05, 4.69) is 10.2 Å². The molecule has 0 aliphatic carbocycles. The second-order valence-electron chi connectivity index (χ2n) is 6.81. The molecule has 1 aromatic heterocycles. The molecular weight excluding hydrogens is 360 g/mol. The lowest BCUT2D eigenvalue weighted by Crippen LogP contribution is -2.59. The van der Waals surface area contributed by atoms with Crippen LogP contribution >= 0.6 is 0 Å². The van der Waals surface area contributed by atoms with Crippen molar-refractivity contribution in [2.45, 2.75) is 26.3 Å². The normalized spacial score (nSPS) is 18.6. The molecule has 1 aromatic carbocycles. The van der Waals surface area contributed by atoms with Gasteiger partial charge < -0.3 is 9.64 Å². The Hall–Kier alpha value is -3.23. The number of hydrogen-bond acceptors (Lipinski definition) is 6. The van der Waals surface area contributed by atoms with Gasteiger partial charge in [0.05, 0.1) is 20.7 Å². The molecular formula is C19H23N6O3+. The third-order valence-electron chi connectivity index (χ3n) is 5.06. The van der Waals surface area contributed by atoms with Gasteiger partial charge in [0.25, 0.3) is 5.95 Å². The van der Waals surface area contributed by atoms with Gasteiger partial charge in [0.2, 0.25) is 17.7 Å². The van der Waals surface area contributed by atoms with Gasteiger partial charge in [-0.15, -0.1) is 5.10 Å². The maximum Gasteiger partial charge on any atom is 0.445 e. The summed E-state index contributed by atoms with van der Waals surface area (Å²) in [6.45, 7) is 5.20. The lowest BCUT2D eigenvalue weighted by atomic mass is 10.1. The Morgan fingerprint density at radius 1 is 1.14 bits per heavy atom. The molecule has 2 aliphatic heterocycles. The number of anilines is 1. The zero-order chi connectivity index (χ0) is 20.0. The maximum absolute atomic E-state index is 12.9. The second kappa shape index (κ2) is 6.74. The van der Waals surface area contributed by atoms with Crippen molar-refractivity contribution < 1.29 is 18.9 Å². The van der Waals surface area contributed by atoms with Crippen LogP contribution in [-0.2, 0) is 4.79 Å². The number of nitrogens with zero attached hydrogens (tertiary/aromatic N) is 6. The highest BCUT2D eigenvalue weighted by atomic mass is 16.5. The molecule has 3 amide bonds. The van der Waals surface area contributed by atoms with Gasteiger partial charge in [0, 0.05) is 12.1 Å². The Morgan fingerprint density at radius 3 is 2.50 bits per heavy atom. The average molecular weight is 383 g/mol. The van der Waals surface area contributed by atoms with E-state index in [1.807, 2.05) is 47.6 Å². The van der Waals surface area contributed by atoms with E-state index >= 15 is 0 Å². The van der Waals surface area contributed by atoms with E-state index < -0.39 is 6.04 Å². The minimum absolute atomic E-state index is 0.255. The van der Waals surface area contributed by atoms with Gasteiger partial charge >= 0.3 is 11.9 Å². The first-order valence-electron chi connectivity index (χ1n) is 9.37. The summed E-state index contributed by atoms with van der Waals surface area (Å²) in [6, 6.07) is 6.59. The van der Waals surface area contributed by atoms with E-state index in [-0.39, 0.29) is 11.9 Å². The molecule has 4 rings (SSSR count). The molecule has 0 fully saturated rings. The molecule has 3 heterocycles. The number of hydrogen-bond donors (Lipinski definition) is 0. The van der Waals surface area contributed by atoms with E-state index in [0.717, 1.165) is 22.6 Å². The summed E-state index contributed by atoms with van der Waals surface area (Å²) in [5.41, 5.74) is 0.832. The summed E-state index contributed by atoms with van der Waals surface area (Å²) in [5.74, 6) is 2.26. The Bertz CT molecular complexity index is 978. The van der Waals surface area contributed by atoms with Gasteiger partial charge in [-0.1, -0.05) is 12.0 Å². The van der Waals surface area contributed by atoms with Crippen molar-refractivity contribution in [2.24, 2.45) is 0 Å². The van der Waals surface area contributed by atoms with Crippen molar-refractivity contribution in [1.82, 2.24) is 19.7 Å². The molecule has 0 N–H and O–H groups in total. The summed E-state index contributed by atoms with van der Waals surface area (Å²) < 4.78 is 8.83. The van der Waals surface area contributed by atoms with Gasteiger partial charge in [0.1, 0.15) is 5.75 Å². The minimum Gasteiger partial charge on any atom is -0.494 e. The lowest BCUT2D eigenvalue weighted by molar-refractivity contribution is -0.407. The molecule has 0 radical (unpaired) electrons. The number of rotatable bonds is 5. The number of urea groups is 1. The minimum atomic E-state index is -0.584. The zero-order valence-corrected chi connectivity index (χ0v) is 16.4. The molecule has 0 saturated carbocycles. The SMILES string of the molecule is CCCN1c2nnc(-c3ccc(OCC)cc3)n2C2=[N+](C)C(=O)N(C)C(=O)C21. The summed E-state index contributed by atoms with van der Waals surface area (Å²) in [5, 5.41) is 8.71. The molecule has 2 aliphatic rings. The van der Waals surface area contributed by atoms with Crippen molar-refractivity contribution >= 4 is 23.7 Å². The predicted molar refractivity (Wildman–Crippen MR) is 103 cm³/mol. The first-order chi connectivity index (χ1) is 13.5. The van der Waals surface area contributed by atoms with E-state index in [9.17, 15) is 9.59 Å². The highest BCUT2D eigenvalue weighted by Gasteiger charge is 2.55. The molecule has 0 bridgehead atoms. The molecule has 146 valence electrons. The average Bonchev–Trinajstić information content (AvgIpc) is 3.25. The first-order valence-corrected chi connectivity index (χ1v) is 9.37. The third kappa shape index (κ3) is 2.49. The summed E-state index contributed by atoms with van der Waals surface area (Å²) in [4.78, 5) is 28.6. The van der Waals surface area contributed by atoms with Gasteiger partial charge in [-0.3, -0.25) is 4.79 Å². The number of fused-ring (bicyclic) bond motifs is 3. The van der Waals surface area contributed by atoms with Crippen LogP contribution in [0.15, 0.2) is 24.3 Å². The Labute approximate surface area is 162 Å². The summed E-state index contributed by atoms with van der Waals surface area (Å²) in [7, 11) is 3.18. The van der Waals surface area contributed by atoms with Crippen molar-refractivity contribution in [3.8, 4) is 17.1 Å². The Kier molecular flexibility index (Phi) is 4.37. The van der Waals surface area contributed by atoms with Crippen molar-refractivity contribution in [3.63, 3.8) is 0 Å². The van der Waals surface area contributed by atoms with E-state index in [4.69, 9.17) is 4.74 Å². The van der Waals surface area contributed by atoms with Crippen molar-refractivity contribution in [3.05, 3.63) is 24.3 Å². The van der Waals surface area contributed by atoms with Crippen LogP contribution in [0, 0.1) is 0 Å². The number of carbonyl (C=O) groups is 2. The number of amides is 3. The Balaban J connectivity index is 1.88. The van der Waals surface area contributed by atoms with Crippen LogP contribution in [0.1, 0.15) is 20.3 Å². The fraction of sp³-hybridized carbons (Fsp3) is 0.421. The number of aromatic nitrogens is 3. The number of likely N-dealkylation sites (N-methyl/N-ethyl adjacent to an activating group) is 1. The van der Waals surface area contributed by atoms with Crippen LogP contribution < -0.4 is 9.64 Å². The van der Waals surface area contributed by atoms with Gasteiger partial charge in [-0.05, 0) is 37.6 Å². The van der Waals surface area contributed by atoms with Gasteiger partial charge in [-0.2, -0.15) is 9.47 Å². The quantitative estimate of drug-likeness (QED) is 0.726. The van der Waals surface area contributed by atoms with Gasteiger partial charge in [-0.25, -0.2) is 9.37 Å². The van der Waals surface area contributed by atoms with Crippen LogP contribution in [0.2, 0.25) is 0 Å². The van der Waals surface area contributed by atoms with Crippen molar-refractivity contribution in [2.75, 3.05) is 32.1 Å². The highest BCUT2D eigenvalue weighted by molar-refractivity contribution is 6.18. The van der Waals surface area contributed by atoms with E-state index in [0.29, 0.717) is 30.8 Å². The molecule has 1 atom stereocenters. The number of imide groups is 1. The summed E-state index contributed by atoms with van der Waals surface area (Å²) in [6.07, 6.45) is 0.837. The highest BCUT2D eigenvalue weighted by Crippen LogP contribution is 2.33. The van der Waals surface area contributed by atoms with Crippen LogP contribution in [0.4, 0.5) is 10.7 Å². The predicted octanol–water partition coefficient (Wildman–Crippen LogP) is 1.42. The fourth-order valence-electron chi connectivity index (χ4n) is 3.75.